The van der Waals surface area contributed by atoms with Crippen LogP contribution in [0.4, 0.5) is 0 Å². The lowest BCUT2D eigenvalue weighted by molar-refractivity contribution is -0.120. The molecule has 176 valence electrons. The van der Waals surface area contributed by atoms with Gasteiger partial charge in [0.25, 0.3) is 0 Å². The Morgan fingerprint density at radius 3 is 0.793 bits per heavy atom. The average Bonchev–Trinajstić information content (AvgIpc) is 2.65. The minimum atomic E-state index is -0.925. The van der Waals surface area contributed by atoms with Crippen LogP contribution in [0.5, 0.6) is 0 Å². The first kappa shape index (κ1) is 38.5. The fraction of sp³-hybridized carbons (Fsp3) is 0.692. The van der Waals surface area contributed by atoms with Gasteiger partial charge in [0, 0.05) is 31.6 Å². The molecule has 0 aromatic carbocycles. The third-order valence-corrected chi connectivity index (χ3v) is 3.38. The molecule has 0 aliphatic heterocycles. The molecule has 0 atom stereocenters. The molecule has 0 aromatic heterocycles. The predicted octanol–water partition coefficient (Wildman–Crippen LogP) is -4.04. The number of carbonyl (C=O) groups is 4. The second-order valence-corrected chi connectivity index (χ2v) is 5.42. The summed E-state index contributed by atoms with van der Waals surface area (Å²) < 4.78 is 0. The van der Waals surface area contributed by atoms with Crippen LogP contribution in [0.3, 0.4) is 0 Å². The zero-order valence-corrected chi connectivity index (χ0v) is 19.0. The van der Waals surface area contributed by atoms with Crippen molar-refractivity contribution in [2.24, 2.45) is 28.3 Å². The second kappa shape index (κ2) is 21.6. The van der Waals surface area contributed by atoms with E-state index in [9.17, 15) is 19.2 Å². The van der Waals surface area contributed by atoms with E-state index in [-0.39, 0.29) is 102 Å². The molecule has 12 nitrogen and oxygen atoms in total. The van der Waals surface area contributed by atoms with E-state index >= 15 is 0 Å². The van der Waals surface area contributed by atoms with Crippen molar-refractivity contribution >= 4 is 73.3 Å². The molecule has 0 saturated heterocycles. The Bertz CT molecular complexity index is 402. The Kier molecular flexibility index (Phi) is 28.6. The fourth-order valence-electron chi connectivity index (χ4n) is 1.81. The molecule has 0 radical (unpaired) electrons. The number of hydrogen-bond acceptors (Lipinski definition) is 8. The molecule has 0 unspecified atom stereocenters. The van der Waals surface area contributed by atoms with Gasteiger partial charge in [0.2, 0.25) is 23.6 Å². The van der Waals surface area contributed by atoms with Crippen LogP contribution in [0.15, 0.2) is 0 Å². The molecule has 0 bridgehead atoms. The Balaban J connectivity index is -0.000000480. The molecule has 0 rings (SSSR count). The minimum Gasteiger partial charge on any atom is -0.354 e. The van der Waals surface area contributed by atoms with Gasteiger partial charge in [0.1, 0.15) is 0 Å². The van der Waals surface area contributed by atoms with Gasteiger partial charge in [-0.1, -0.05) is 0 Å². The van der Waals surface area contributed by atoms with E-state index in [2.05, 4.69) is 21.3 Å². The summed E-state index contributed by atoms with van der Waals surface area (Å²) in [5, 5.41) is 10.3. The first-order valence-corrected chi connectivity index (χ1v) is 7.69. The van der Waals surface area contributed by atoms with Crippen LogP contribution in [0.2, 0.25) is 0 Å². The highest BCUT2D eigenvalue weighted by Gasteiger charge is 2.32. The van der Waals surface area contributed by atoms with Crippen molar-refractivity contribution in [1.29, 1.82) is 0 Å². The second-order valence-electron chi connectivity index (χ2n) is 5.42. The number of amides is 4. The van der Waals surface area contributed by atoms with E-state index in [4.69, 9.17) is 22.9 Å². The summed E-state index contributed by atoms with van der Waals surface area (Å²) in [6.45, 7) is -0.781. The van der Waals surface area contributed by atoms with Crippen molar-refractivity contribution in [3.8, 4) is 0 Å². The summed E-state index contributed by atoms with van der Waals surface area (Å²) in [5.74, 6) is -1.70. The van der Waals surface area contributed by atoms with Crippen LogP contribution in [0.1, 0.15) is 0 Å². The first-order valence-electron chi connectivity index (χ1n) is 7.69. The van der Waals surface area contributed by atoms with Gasteiger partial charge in [-0.2, -0.15) is 0 Å². The maximum Gasteiger partial charge on any atom is 0.233 e. The van der Waals surface area contributed by atoms with Gasteiger partial charge < -0.3 is 44.2 Å². The Morgan fingerprint density at radius 1 is 0.483 bits per heavy atom. The van der Waals surface area contributed by atoms with Crippen LogP contribution < -0.4 is 44.2 Å². The van der Waals surface area contributed by atoms with E-state index in [0.717, 1.165) is 0 Å². The molecule has 0 heterocycles. The molecular formula is C13H32Cl4N8O4. The average molecular weight is 506 g/mol. The Hall–Kier alpha value is -1.12. The number of carbonyl (C=O) groups excluding carboxylic acids is 4. The predicted molar refractivity (Wildman–Crippen MR) is 120 cm³/mol. The van der Waals surface area contributed by atoms with Crippen molar-refractivity contribution in [2.75, 3.05) is 52.4 Å². The van der Waals surface area contributed by atoms with E-state index in [0.29, 0.717) is 0 Å². The quantitative estimate of drug-likeness (QED) is 0.130. The lowest BCUT2D eigenvalue weighted by Crippen LogP contribution is -2.58. The molecule has 0 aliphatic carbocycles. The van der Waals surface area contributed by atoms with Crippen LogP contribution in [-0.2, 0) is 19.2 Å². The molecule has 29 heavy (non-hydrogen) atoms. The maximum atomic E-state index is 11.5. The molecule has 12 N–H and O–H groups in total. The molecule has 0 aromatic rings. The lowest BCUT2D eigenvalue weighted by Gasteiger charge is -2.34. The highest BCUT2D eigenvalue weighted by atomic mass is 35.5. The monoisotopic (exact) mass is 504 g/mol. The normalized spacial score (nSPS) is 9.24. The number of hydrogen-bond donors (Lipinski definition) is 8. The van der Waals surface area contributed by atoms with Gasteiger partial charge in [-0.3, -0.25) is 19.2 Å². The number of nitrogens with one attached hydrogen (secondary N) is 4. The zero-order chi connectivity index (χ0) is 19.3. The molecule has 4 amide bonds. The van der Waals surface area contributed by atoms with E-state index in [1.807, 2.05) is 0 Å². The van der Waals surface area contributed by atoms with E-state index in [1.165, 1.54) is 0 Å². The van der Waals surface area contributed by atoms with Gasteiger partial charge in [0.15, 0.2) is 0 Å². The molecular weight excluding hydrogens is 474 g/mol. The highest BCUT2D eigenvalue weighted by Crippen LogP contribution is 2.13. The summed E-state index contributed by atoms with van der Waals surface area (Å²) >= 11 is 0. The van der Waals surface area contributed by atoms with E-state index < -0.39 is 29.0 Å². The van der Waals surface area contributed by atoms with E-state index in [1.54, 1.807) is 0 Å². The maximum absolute atomic E-state index is 11.5. The smallest absolute Gasteiger partial charge is 0.233 e. The topological polar surface area (TPSA) is 220 Å². The van der Waals surface area contributed by atoms with Crippen LogP contribution in [0.25, 0.3) is 0 Å². The van der Waals surface area contributed by atoms with Crippen molar-refractivity contribution in [1.82, 2.24) is 21.3 Å². The molecule has 16 heteroatoms. The molecule has 0 spiro atoms. The van der Waals surface area contributed by atoms with Crippen LogP contribution in [-0.4, -0.2) is 76.0 Å². The zero-order valence-electron chi connectivity index (χ0n) is 15.7. The third kappa shape index (κ3) is 17.4. The highest BCUT2D eigenvalue weighted by molar-refractivity contribution is 5.86. The lowest BCUT2D eigenvalue weighted by atomic mass is 9.86. The van der Waals surface area contributed by atoms with Gasteiger partial charge >= 0.3 is 0 Å². The summed E-state index contributed by atoms with van der Waals surface area (Å²) in [4.78, 5) is 45.9. The van der Waals surface area contributed by atoms with Gasteiger partial charge in [-0.15, -0.1) is 49.6 Å². The van der Waals surface area contributed by atoms with Crippen molar-refractivity contribution in [3.05, 3.63) is 0 Å². The number of rotatable bonds is 12. The van der Waals surface area contributed by atoms with Gasteiger partial charge in [-0.25, -0.2) is 0 Å². The molecule has 0 aliphatic rings. The molecule has 0 fully saturated rings. The van der Waals surface area contributed by atoms with Crippen LogP contribution >= 0.6 is 49.6 Å². The number of nitrogens with two attached hydrogens (primary N) is 4. The summed E-state index contributed by atoms with van der Waals surface area (Å²) in [5.41, 5.74) is 20.1. The van der Waals surface area contributed by atoms with Crippen molar-refractivity contribution < 1.29 is 19.2 Å². The van der Waals surface area contributed by atoms with Gasteiger partial charge in [0.05, 0.1) is 26.2 Å². The Labute approximate surface area is 194 Å². The van der Waals surface area contributed by atoms with Crippen molar-refractivity contribution in [2.45, 2.75) is 0 Å². The molecule has 0 saturated carbocycles. The number of halogens is 4. The first-order chi connectivity index (χ1) is 11.8. The largest absolute Gasteiger partial charge is 0.354 e. The fourth-order valence-corrected chi connectivity index (χ4v) is 1.81. The third-order valence-electron chi connectivity index (χ3n) is 3.38. The SMILES string of the molecule is Cl.Cl.Cl.Cl.NCC(=O)NCC(CNC(=O)CN)(CNC(=O)CN)CNC(=O)CN. The standard InChI is InChI=1S/C13H28N8O4.4ClH/c14-1-9(22)18-5-13(6-19-10(23)2-15,7-20-11(24)3-16)8-21-12(25)4-17;;;;/h1-8,14-17H2,(H,18,22)(H,19,23)(H,20,24)(H,21,25);4*1H. The summed E-state index contributed by atoms with van der Waals surface area (Å²) in [7, 11) is 0. The minimum absolute atomic E-state index is 0. The summed E-state index contributed by atoms with van der Waals surface area (Å²) in [6, 6.07) is 0. The summed E-state index contributed by atoms with van der Waals surface area (Å²) in [6.07, 6.45) is 0. The Morgan fingerprint density at radius 2 is 0.655 bits per heavy atom. The van der Waals surface area contributed by atoms with Gasteiger partial charge in [-0.05, 0) is 0 Å². The van der Waals surface area contributed by atoms with Crippen LogP contribution in [0, 0.1) is 5.41 Å². The van der Waals surface area contributed by atoms with Crippen molar-refractivity contribution in [3.63, 3.8) is 0 Å².